The van der Waals surface area contributed by atoms with Gasteiger partial charge in [0.1, 0.15) is 15.4 Å². The van der Waals surface area contributed by atoms with E-state index in [1.807, 2.05) is 20.8 Å². The summed E-state index contributed by atoms with van der Waals surface area (Å²) in [6, 6.07) is 0.287. The highest BCUT2D eigenvalue weighted by Gasteiger charge is 2.26. The number of hydrogen-bond acceptors (Lipinski definition) is 5. The van der Waals surface area contributed by atoms with E-state index in [-0.39, 0.29) is 23.6 Å². The SMILES string of the molecule is CC(C)C(CNC(=O)OC(C)(C)C)NC1CCS(=O)(=O)CC1. The lowest BCUT2D eigenvalue weighted by Gasteiger charge is -2.31. The molecule has 7 heteroatoms. The Labute approximate surface area is 134 Å². The van der Waals surface area contributed by atoms with Gasteiger partial charge in [-0.25, -0.2) is 13.2 Å². The summed E-state index contributed by atoms with van der Waals surface area (Å²) in [5, 5.41) is 6.26. The van der Waals surface area contributed by atoms with Crippen LogP contribution in [0.3, 0.4) is 0 Å². The lowest BCUT2D eigenvalue weighted by atomic mass is 10.0. The van der Waals surface area contributed by atoms with Gasteiger partial charge in [0.05, 0.1) is 11.5 Å². The van der Waals surface area contributed by atoms with E-state index in [4.69, 9.17) is 4.74 Å². The van der Waals surface area contributed by atoms with E-state index in [9.17, 15) is 13.2 Å². The van der Waals surface area contributed by atoms with Gasteiger partial charge in [0, 0.05) is 18.6 Å². The van der Waals surface area contributed by atoms with E-state index < -0.39 is 21.5 Å². The molecule has 0 bridgehead atoms. The Bertz CT molecular complexity index is 454. The van der Waals surface area contributed by atoms with E-state index in [2.05, 4.69) is 24.5 Å². The second-order valence-electron chi connectivity index (χ2n) is 7.33. The van der Waals surface area contributed by atoms with Crippen LogP contribution in [0, 0.1) is 5.92 Å². The fourth-order valence-corrected chi connectivity index (χ4v) is 3.85. The maximum Gasteiger partial charge on any atom is 0.407 e. The van der Waals surface area contributed by atoms with Crippen molar-refractivity contribution in [1.82, 2.24) is 10.6 Å². The molecule has 1 aliphatic heterocycles. The molecule has 2 N–H and O–H groups in total. The minimum Gasteiger partial charge on any atom is -0.444 e. The van der Waals surface area contributed by atoms with Crippen molar-refractivity contribution in [2.45, 2.75) is 65.1 Å². The smallest absolute Gasteiger partial charge is 0.407 e. The van der Waals surface area contributed by atoms with Gasteiger partial charge in [0.2, 0.25) is 0 Å². The van der Waals surface area contributed by atoms with Crippen LogP contribution in [0.4, 0.5) is 4.79 Å². The summed E-state index contributed by atoms with van der Waals surface area (Å²) in [5.41, 5.74) is -0.511. The van der Waals surface area contributed by atoms with Crippen molar-refractivity contribution in [3.63, 3.8) is 0 Å². The van der Waals surface area contributed by atoms with E-state index in [1.54, 1.807) is 0 Å². The first-order valence-corrected chi connectivity index (χ1v) is 9.74. The number of rotatable bonds is 5. The van der Waals surface area contributed by atoms with Crippen molar-refractivity contribution < 1.29 is 17.9 Å². The van der Waals surface area contributed by atoms with Crippen LogP contribution in [0.1, 0.15) is 47.5 Å². The van der Waals surface area contributed by atoms with Gasteiger partial charge in [-0.1, -0.05) is 13.8 Å². The summed E-state index contributed by atoms with van der Waals surface area (Å²) in [6.45, 7) is 10.1. The van der Waals surface area contributed by atoms with Gasteiger partial charge in [0.15, 0.2) is 0 Å². The van der Waals surface area contributed by atoms with Gasteiger partial charge in [-0.15, -0.1) is 0 Å². The van der Waals surface area contributed by atoms with E-state index in [0.29, 0.717) is 25.3 Å². The molecule has 0 aromatic rings. The van der Waals surface area contributed by atoms with Crippen LogP contribution in [0.2, 0.25) is 0 Å². The molecule has 0 aromatic carbocycles. The molecule has 1 aliphatic rings. The summed E-state index contributed by atoms with van der Waals surface area (Å²) in [5.74, 6) is 0.817. The molecule has 1 amide bonds. The molecule has 1 fully saturated rings. The Morgan fingerprint density at radius 1 is 1.23 bits per heavy atom. The number of ether oxygens (including phenoxy) is 1. The zero-order valence-electron chi connectivity index (χ0n) is 14.3. The molecular weight excluding hydrogens is 304 g/mol. The van der Waals surface area contributed by atoms with Crippen LogP contribution in [-0.4, -0.2) is 50.2 Å². The van der Waals surface area contributed by atoms with Crippen molar-refractivity contribution in [2.75, 3.05) is 18.1 Å². The Kier molecular flexibility index (Phi) is 6.67. The zero-order valence-corrected chi connectivity index (χ0v) is 15.1. The second-order valence-corrected chi connectivity index (χ2v) is 9.63. The fraction of sp³-hybridized carbons (Fsp3) is 0.933. The van der Waals surface area contributed by atoms with Gasteiger partial charge in [-0.05, 0) is 39.5 Å². The summed E-state index contributed by atoms with van der Waals surface area (Å²) in [6.07, 6.45) is 0.849. The Hall–Kier alpha value is -0.820. The number of sulfone groups is 1. The molecule has 0 spiro atoms. The predicted octanol–water partition coefficient (Wildman–Crippen LogP) is 1.70. The summed E-state index contributed by atoms with van der Waals surface area (Å²) >= 11 is 0. The van der Waals surface area contributed by atoms with E-state index in [1.165, 1.54) is 0 Å². The predicted molar refractivity (Wildman–Crippen MR) is 87.7 cm³/mol. The number of hydrogen-bond donors (Lipinski definition) is 2. The van der Waals surface area contributed by atoms with Crippen LogP contribution in [0.15, 0.2) is 0 Å². The maximum atomic E-state index is 11.7. The Morgan fingerprint density at radius 3 is 2.23 bits per heavy atom. The van der Waals surface area contributed by atoms with E-state index >= 15 is 0 Å². The second kappa shape index (κ2) is 7.64. The fourth-order valence-electron chi connectivity index (χ4n) is 2.35. The van der Waals surface area contributed by atoms with Crippen molar-refractivity contribution in [3.05, 3.63) is 0 Å². The molecule has 1 atom stereocenters. The third kappa shape index (κ3) is 7.45. The molecular formula is C15H30N2O4S. The van der Waals surface area contributed by atoms with Crippen LogP contribution >= 0.6 is 0 Å². The molecule has 1 heterocycles. The monoisotopic (exact) mass is 334 g/mol. The summed E-state index contributed by atoms with van der Waals surface area (Å²) in [7, 11) is -2.85. The molecule has 0 radical (unpaired) electrons. The van der Waals surface area contributed by atoms with Gasteiger partial charge in [-0.3, -0.25) is 0 Å². The molecule has 130 valence electrons. The molecule has 1 unspecified atom stereocenters. The van der Waals surface area contributed by atoms with Gasteiger partial charge in [0.25, 0.3) is 0 Å². The first-order valence-electron chi connectivity index (χ1n) is 7.92. The standard InChI is InChI=1S/C15H30N2O4S/c1-11(2)13(10-16-14(18)21-15(3,4)5)17-12-6-8-22(19,20)9-7-12/h11-13,17H,6-10H2,1-5H3,(H,16,18). The van der Waals surface area contributed by atoms with Crippen LogP contribution < -0.4 is 10.6 Å². The summed E-state index contributed by atoms with van der Waals surface area (Å²) in [4.78, 5) is 11.7. The molecule has 1 rings (SSSR count). The topological polar surface area (TPSA) is 84.5 Å². The molecule has 0 aromatic heterocycles. The summed E-state index contributed by atoms with van der Waals surface area (Å²) < 4.78 is 28.2. The Morgan fingerprint density at radius 2 is 1.77 bits per heavy atom. The molecule has 22 heavy (non-hydrogen) atoms. The largest absolute Gasteiger partial charge is 0.444 e. The van der Waals surface area contributed by atoms with Crippen LogP contribution in [0.5, 0.6) is 0 Å². The highest BCUT2D eigenvalue weighted by molar-refractivity contribution is 7.91. The average molecular weight is 334 g/mol. The maximum absolute atomic E-state index is 11.7. The van der Waals surface area contributed by atoms with Gasteiger partial charge >= 0.3 is 6.09 Å². The third-order valence-corrected chi connectivity index (χ3v) is 5.39. The van der Waals surface area contributed by atoms with Crippen molar-refractivity contribution in [2.24, 2.45) is 5.92 Å². The minimum absolute atomic E-state index is 0.0957. The molecule has 0 aliphatic carbocycles. The first kappa shape index (κ1) is 19.2. The van der Waals surface area contributed by atoms with Crippen LogP contribution in [0.25, 0.3) is 0 Å². The van der Waals surface area contributed by atoms with Crippen molar-refractivity contribution in [3.8, 4) is 0 Å². The highest BCUT2D eigenvalue weighted by Crippen LogP contribution is 2.14. The number of carbonyl (C=O) groups is 1. The van der Waals surface area contributed by atoms with Crippen molar-refractivity contribution >= 4 is 15.9 Å². The number of amides is 1. The number of nitrogens with one attached hydrogen (secondary N) is 2. The highest BCUT2D eigenvalue weighted by atomic mass is 32.2. The van der Waals surface area contributed by atoms with Crippen LogP contribution in [-0.2, 0) is 14.6 Å². The average Bonchev–Trinajstić information content (AvgIpc) is 2.33. The van der Waals surface area contributed by atoms with Gasteiger partial charge in [-0.2, -0.15) is 0 Å². The lowest BCUT2D eigenvalue weighted by molar-refractivity contribution is 0.0518. The lowest BCUT2D eigenvalue weighted by Crippen LogP contribution is -2.50. The Balaban J connectivity index is 2.44. The molecule has 0 saturated carbocycles. The first-order chi connectivity index (χ1) is 9.98. The zero-order chi connectivity index (χ0) is 17.0. The molecule has 6 nitrogen and oxygen atoms in total. The number of carbonyl (C=O) groups excluding carboxylic acids is 1. The van der Waals surface area contributed by atoms with Gasteiger partial charge < -0.3 is 15.4 Å². The van der Waals surface area contributed by atoms with Crippen molar-refractivity contribution in [1.29, 1.82) is 0 Å². The minimum atomic E-state index is -2.85. The quantitative estimate of drug-likeness (QED) is 0.799. The normalized spacial score (nSPS) is 20.6. The number of alkyl carbamates (subject to hydrolysis) is 1. The third-order valence-electron chi connectivity index (χ3n) is 3.67. The van der Waals surface area contributed by atoms with E-state index in [0.717, 1.165) is 0 Å². The molecule has 1 saturated heterocycles.